The summed E-state index contributed by atoms with van der Waals surface area (Å²) in [4.78, 5) is 7.11. The Hall–Kier alpha value is -0.450. The van der Waals surface area contributed by atoms with E-state index >= 15 is 0 Å². The number of nitrogens with two attached hydrogens (primary N) is 1. The molecular weight excluding hydrogens is 230 g/mol. The fourth-order valence-corrected chi connectivity index (χ4v) is 3.44. The normalized spacial score (nSPS) is 27.4. The Kier molecular flexibility index (Phi) is 3.85. The zero-order chi connectivity index (χ0) is 12.5. The summed E-state index contributed by atoms with van der Waals surface area (Å²) in [5.41, 5.74) is 7.57. The summed E-state index contributed by atoms with van der Waals surface area (Å²) in [5.74, 6) is 0.497. The van der Waals surface area contributed by atoms with Crippen molar-refractivity contribution in [3.05, 3.63) is 16.1 Å². The second-order valence-corrected chi connectivity index (χ2v) is 6.40. The largest absolute Gasteiger partial charge is 0.319 e. The van der Waals surface area contributed by atoms with Gasteiger partial charge in [-0.25, -0.2) is 4.98 Å². The van der Waals surface area contributed by atoms with Crippen molar-refractivity contribution in [1.29, 1.82) is 0 Å². The molecule has 2 rings (SSSR count). The first-order chi connectivity index (χ1) is 8.01. The van der Waals surface area contributed by atoms with Gasteiger partial charge in [-0.3, -0.25) is 0 Å². The SMILES string of the molecule is CC(C)c1csc(C2(N)CCCN(C)CC2)n1. The topological polar surface area (TPSA) is 42.1 Å². The van der Waals surface area contributed by atoms with Gasteiger partial charge in [-0.1, -0.05) is 13.8 Å². The fraction of sp³-hybridized carbons (Fsp3) is 0.769. The molecule has 0 aromatic carbocycles. The molecule has 1 saturated heterocycles. The van der Waals surface area contributed by atoms with Crippen molar-refractivity contribution in [2.75, 3.05) is 20.1 Å². The first-order valence-electron chi connectivity index (χ1n) is 6.44. The van der Waals surface area contributed by atoms with Gasteiger partial charge in [-0.2, -0.15) is 0 Å². The maximum Gasteiger partial charge on any atom is 0.113 e. The summed E-state index contributed by atoms with van der Waals surface area (Å²) < 4.78 is 0. The molecular formula is C13H23N3S. The third kappa shape index (κ3) is 2.87. The molecule has 1 fully saturated rings. The first kappa shape index (κ1) is 13.0. The van der Waals surface area contributed by atoms with Crippen LogP contribution in [0.25, 0.3) is 0 Å². The Labute approximate surface area is 108 Å². The Morgan fingerprint density at radius 2 is 2.18 bits per heavy atom. The van der Waals surface area contributed by atoms with Crippen LogP contribution in [0, 0.1) is 0 Å². The highest BCUT2D eigenvalue weighted by atomic mass is 32.1. The maximum absolute atomic E-state index is 6.58. The molecule has 17 heavy (non-hydrogen) atoms. The van der Waals surface area contributed by atoms with Crippen LogP contribution in [0.4, 0.5) is 0 Å². The van der Waals surface area contributed by atoms with E-state index in [2.05, 4.69) is 31.2 Å². The Bertz CT molecular complexity index is 374. The molecule has 1 aromatic rings. The Morgan fingerprint density at radius 3 is 2.82 bits per heavy atom. The molecule has 2 N–H and O–H groups in total. The van der Waals surface area contributed by atoms with Gasteiger partial charge in [0.25, 0.3) is 0 Å². The third-order valence-electron chi connectivity index (χ3n) is 3.64. The Balaban J connectivity index is 2.18. The number of thiazole rings is 1. The molecule has 0 spiro atoms. The summed E-state index contributed by atoms with van der Waals surface area (Å²) in [5, 5.41) is 3.31. The minimum atomic E-state index is -0.192. The highest BCUT2D eigenvalue weighted by Gasteiger charge is 2.32. The van der Waals surface area contributed by atoms with E-state index in [1.165, 1.54) is 12.1 Å². The van der Waals surface area contributed by atoms with E-state index in [1.54, 1.807) is 11.3 Å². The zero-order valence-corrected chi connectivity index (χ0v) is 11.9. The van der Waals surface area contributed by atoms with Crippen LogP contribution in [0.15, 0.2) is 5.38 Å². The van der Waals surface area contributed by atoms with E-state index in [0.29, 0.717) is 5.92 Å². The average molecular weight is 253 g/mol. The van der Waals surface area contributed by atoms with Crippen molar-refractivity contribution in [3.63, 3.8) is 0 Å². The minimum Gasteiger partial charge on any atom is -0.319 e. The number of nitrogens with zero attached hydrogens (tertiary/aromatic N) is 2. The van der Waals surface area contributed by atoms with Gasteiger partial charge >= 0.3 is 0 Å². The van der Waals surface area contributed by atoms with Crippen LogP contribution in [0.2, 0.25) is 0 Å². The standard InChI is InChI=1S/C13H23N3S/c1-10(2)11-9-17-12(15-11)13(14)5-4-7-16(3)8-6-13/h9-10H,4-8,14H2,1-3H3. The highest BCUT2D eigenvalue weighted by molar-refractivity contribution is 7.09. The molecule has 0 saturated carbocycles. The average Bonchev–Trinajstić information content (AvgIpc) is 2.70. The monoisotopic (exact) mass is 253 g/mol. The third-order valence-corrected chi connectivity index (χ3v) is 4.72. The molecule has 4 heteroatoms. The van der Waals surface area contributed by atoms with Gasteiger partial charge < -0.3 is 10.6 Å². The molecule has 0 radical (unpaired) electrons. The van der Waals surface area contributed by atoms with Crippen LogP contribution in [0.1, 0.15) is 49.7 Å². The van der Waals surface area contributed by atoms with Crippen molar-refractivity contribution >= 4 is 11.3 Å². The van der Waals surface area contributed by atoms with Gasteiger partial charge in [0.15, 0.2) is 0 Å². The second-order valence-electron chi connectivity index (χ2n) is 5.55. The van der Waals surface area contributed by atoms with E-state index in [4.69, 9.17) is 10.7 Å². The van der Waals surface area contributed by atoms with Crippen LogP contribution in [-0.4, -0.2) is 30.0 Å². The van der Waals surface area contributed by atoms with Gasteiger partial charge in [0.1, 0.15) is 5.01 Å². The van der Waals surface area contributed by atoms with Gasteiger partial charge in [0.05, 0.1) is 11.2 Å². The van der Waals surface area contributed by atoms with Crippen LogP contribution < -0.4 is 5.73 Å². The molecule has 1 aliphatic rings. The van der Waals surface area contributed by atoms with Crippen LogP contribution in [0.5, 0.6) is 0 Å². The lowest BCUT2D eigenvalue weighted by Gasteiger charge is -2.25. The summed E-state index contributed by atoms with van der Waals surface area (Å²) in [6.45, 7) is 6.60. The Morgan fingerprint density at radius 1 is 1.41 bits per heavy atom. The number of likely N-dealkylation sites (tertiary alicyclic amines) is 1. The molecule has 0 aliphatic carbocycles. The van der Waals surface area contributed by atoms with E-state index in [-0.39, 0.29) is 5.54 Å². The number of rotatable bonds is 2. The number of hydrogen-bond acceptors (Lipinski definition) is 4. The summed E-state index contributed by atoms with van der Waals surface area (Å²) in [6.07, 6.45) is 3.25. The number of aromatic nitrogens is 1. The molecule has 1 aliphatic heterocycles. The lowest BCUT2D eigenvalue weighted by molar-refractivity contribution is 0.329. The van der Waals surface area contributed by atoms with Crippen molar-refractivity contribution in [1.82, 2.24) is 9.88 Å². The van der Waals surface area contributed by atoms with Gasteiger partial charge in [-0.05, 0) is 45.3 Å². The summed E-state index contributed by atoms with van der Waals surface area (Å²) >= 11 is 1.74. The smallest absolute Gasteiger partial charge is 0.113 e. The molecule has 1 unspecified atom stereocenters. The quantitative estimate of drug-likeness (QED) is 0.880. The maximum atomic E-state index is 6.58. The van der Waals surface area contributed by atoms with Crippen molar-refractivity contribution in [3.8, 4) is 0 Å². The van der Waals surface area contributed by atoms with Crippen LogP contribution in [-0.2, 0) is 5.54 Å². The number of hydrogen-bond donors (Lipinski definition) is 1. The lowest BCUT2D eigenvalue weighted by atomic mass is 9.92. The first-order valence-corrected chi connectivity index (χ1v) is 7.32. The lowest BCUT2D eigenvalue weighted by Crippen LogP contribution is -2.37. The highest BCUT2D eigenvalue weighted by Crippen LogP contribution is 2.33. The second kappa shape index (κ2) is 5.04. The van der Waals surface area contributed by atoms with Crippen LogP contribution >= 0.6 is 11.3 Å². The van der Waals surface area contributed by atoms with Gasteiger partial charge in [-0.15, -0.1) is 11.3 Å². The van der Waals surface area contributed by atoms with E-state index < -0.39 is 0 Å². The minimum absolute atomic E-state index is 0.192. The molecule has 3 nitrogen and oxygen atoms in total. The van der Waals surface area contributed by atoms with Crippen molar-refractivity contribution in [2.45, 2.75) is 44.6 Å². The van der Waals surface area contributed by atoms with Gasteiger partial charge in [0, 0.05) is 5.38 Å². The van der Waals surface area contributed by atoms with Crippen molar-refractivity contribution in [2.24, 2.45) is 5.73 Å². The van der Waals surface area contributed by atoms with Crippen LogP contribution in [0.3, 0.4) is 0 Å². The predicted molar refractivity (Wildman–Crippen MR) is 73.4 cm³/mol. The van der Waals surface area contributed by atoms with E-state index in [1.807, 2.05) is 0 Å². The van der Waals surface area contributed by atoms with Gasteiger partial charge in [0.2, 0.25) is 0 Å². The molecule has 0 amide bonds. The zero-order valence-electron chi connectivity index (χ0n) is 11.1. The molecule has 96 valence electrons. The van der Waals surface area contributed by atoms with E-state index in [0.717, 1.165) is 30.9 Å². The van der Waals surface area contributed by atoms with E-state index in [9.17, 15) is 0 Å². The van der Waals surface area contributed by atoms with Crippen molar-refractivity contribution < 1.29 is 0 Å². The molecule has 0 bridgehead atoms. The summed E-state index contributed by atoms with van der Waals surface area (Å²) in [7, 11) is 2.17. The summed E-state index contributed by atoms with van der Waals surface area (Å²) in [6, 6.07) is 0. The molecule has 1 aromatic heterocycles. The fourth-order valence-electron chi connectivity index (χ4n) is 2.29. The molecule has 1 atom stereocenters. The predicted octanol–water partition coefficient (Wildman–Crippen LogP) is 2.54. The molecule has 2 heterocycles.